The standard InChI is InChI=1S/C16H22N2O5S/c1-5-22-10(19)7-6-9-8-24-14-11(17)13(20)18(14)12(9)15(21)23-16(2,3)4/h6-7,11,14H,5,8,17H2,1-4H3/t11?,14-/m0/s1. The molecule has 132 valence electrons. The van der Waals surface area contributed by atoms with Crippen LogP contribution < -0.4 is 5.73 Å². The lowest BCUT2D eigenvalue weighted by Gasteiger charge is -2.48. The lowest BCUT2D eigenvalue weighted by atomic mass is 10.0. The highest BCUT2D eigenvalue weighted by atomic mass is 32.2. The van der Waals surface area contributed by atoms with E-state index in [1.165, 1.54) is 28.8 Å². The van der Waals surface area contributed by atoms with Crippen molar-refractivity contribution in [1.82, 2.24) is 4.90 Å². The Balaban J connectivity index is 2.34. The van der Waals surface area contributed by atoms with Crippen molar-refractivity contribution < 1.29 is 23.9 Å². The first kappa shape index (κ1) is 18.5. The Hall–Kier alpha value is -1.80. The zero-order valence-electron chi connectivity index (χ0n) is 14.2. The Morgan fingerprint density at radius 2 is 2.08 bits per heavy atom. The molecule has 1 unspecified atom stereocenters. The van der Waals surface area contributed by atoms with Crippen molar-refractivity contribution in [3.8, 4) is 0 Å². The summed E-state index contributed by atoms with van der Waals surface area (Å²) in [6.07, 6.45) is 2.74. The second-order valence-corrected chi connectivity index (χ2v) is 7.50. The molecule has 2 heterocycles. The van der Waals surface area contributed by atoms with Crippen LogP contribution in [0.3, 0.4) is 0 Å². The summed E-state index contributed by atoms with van der Waals surface area (Å²) in [6, 6.07) is -0.622. The topological polar surface area (TPSA) is 98.9 Å². The summed E-state index contributed by atoms with van der Waals surface area (Å²) >= 11 is 1.45. The largest absolute Gasteiger partial charge is 0.463 e. The van der Waals surface area contributed by atoms with Gasteiger partial charge >= 0.3 is 11.9 Å². The maximum Gasteiger partial charge on any atom is 0.355 e. The quantitative estimate of drug-likeness (QED) is 0.456. The normalized spacial score (nSPS) is 23.9. The molecule has 24 heavy (non-hydrogen) atoms. The number of amides is 1. The van der Waals surface area contributed by atoms with Crippen molar-refractivity contribution >= 4 is 29.6 Å². The van der Waals surface area contributed by atoms with E-state index in [1.807, 2.05) is 0 Å². The fourth-order valence-corrected chi connectivity index (χ4v) is 3.61. The van der Waals surface area contributed by atoms with Gasteiger partial charge in [0.15, 0.2) is 0 Å². The second kappa shape index (κ2) is 6.98. The van der Waals surface area contributed by atoms with Gasteiger partial charge in [0.2, 0.25) is 5.91 Å². The Labute approximate surface area is 145 Å². The molecule has 0 radical (unpaired) electrons. The molecule has 2 aliphatic rings. The predicted octanol–water partition coefficient (Wildman–Crippen LogP) is 0.944. The van der Waals surface area contributed by atoms with Crippen molar-refractivity contribution in [2.24, 2.45) is 5.73 Å². The highest BCUT2D eigenvalue weighted by Crippen LogP contribution is 2.40. The van der Waals surface area contributed by atoms with Gasteiger partial charge in [-0.15, -0.1) is 11.8 Å². The number of ether oxygens (including phenoxy) is 2. The van der Waals surface area contributed by atoms with Crippen molar-refractivity contribution in [2.75, 3.05) is 12.4 Å². The third-order valence-electron chi connectivity index (χ3n) is 3.34. The molecule has 1 fully saturated rings. The number of β-lactam (4-membered cyclic amide) rings is 1. The fourth-order valence-electron chi connectivity index (χ4n) is 2.34. The van der Waals surface area contributed by atoms with E-state index in [9.17, 15) is 14.4 Å². The minimum atomic E-state index is -0.698. The number of esters is 2. The molecule has 0 saturated carbocycles. The van der Waals surface area contributed by atoms with Crippen molar-refractivity contribution in [3.63, 3.8) is 0 Å². The Bertz CT molecular complexity index is 620. The average molecular weight is 354 g/mol. The SMILES string of the molecule is CCOC(=O)C=CC1=C(C(=O)OC(C)(C)C)N2C(=O)C(N)[C@@H]2SC1. The first-order chi connectivity index (χ1) is 11.2. The van der Waals surface area contributed by atoms with Gasteiger partial charge < -0.3 is 15.2 Å². The lowest BCUT2D eigenvalue weighted by Crippen LogP contribution is -2.68. The van der Waals surface area contributed by atoms with Crippen LogP contribution in [0.1, 0.15) is 27.7 Å². The summed E-state index contributed by atoms with van der Waals surface area (Å²) in [5, 5.41) is -0.278. The Kier molecular flexibility index (Phi) is 5.39. The van der Waals surface area contributed by atoms with E-state index in [4.69, 9.17) is 15.2 Å². The van der Waals surface area contributed by atoms with Gasteiger partial charge in [0.05, 0.1) is 6.61 Å². The van der Waals surface area contributed by atoms with Gasteiger partial charge in [-0.3, -0.25) is 9.69 Å². The molecule has 2 aliphatic heterocycles. The molecule has 0 bridgehead atoms. The summed E-state index contributed by atoms with van der Waals surface area (Å²) in [5.41, 5.74) is 5.79. The fraction of sp³-hybridized carbons (Fsp3) is 0.562. The molecular formula is C16H22N2O5S. The van der Waals surface area contributed by atoms with Gasteiger partial charge in [0.1, 0.15) is 22.7 Å². The molecule has 2 atom stereocenters. The molecule has 0 aliphatic carbocycles. The summed E-state index contributed by atoms with van der Waals surface area (Å²) in [5.74, 6) is -0.981. The first-order valence-corrected chi connectivity index (χ1v) is 8.72. The minimum Gasteiger partial charge on any atom is -0.463 e. The molecule has 0 spiro atoms. The summed E-state index contributed by atoms with van der Waals surface area (Å²) in [7, 11) is 0. The van der Waals surface area contributed by atoms with Crippen LogP contribution in [0.2, 0.25) is 0 Å². The lowest BCUT2D eigenvalue weighted by molar-refractivity contribution is -0.157. The van der Waals surface area contributed by atoms with E-state index < -0.39 is 23.6 Å². The van der Waals surface area contributed by atoms with Gasteiger partial charge in [-0.25, -0.2) is 9.59 Å². The Morgan fingerprint density at radius 1 is 1.42 bits per heavy atom. The highest BCUT2D eigenvalue weighted by molar-refractivity contribution is 8.00. The molecule has 0 aromatic heterocycles. The minimum absolute atomic E-state index is 0.154. The van der Waals surface area contributed by atoms with E-state index in [1.54, 1.807) is 27.7 Å². The van der Waals surface area contributed by atoms with Crippen molar-refractivity contribution in [2.45, 2.75) is 44.7 Å². The van der Waals surface area contributed by atoms with E-state index >= 15 is 0 Å². The van der Waals surface area contributed by atoms with Gasteiger partial charge in [-0.1, -0.05) is 0 Å². The number of fused-ring (bicyclic) bond motifs is 1. The molecule has 2 rings (SSSR count). The molecule has 1 saturated heterocycles. The van der Waals surface area contributed by atoms with E-state index in [0.717, 1.165) is 0 Å². The maximum atomic E-state index is 12.6. The zero-order valence-corrected chi connectivity index (χ0v) is 15.0. The summed E-state index contributed by atoms with van der Waals surface area (Å²) in [4.78, 5) is 37.5. The second-order valence-electron chi connectivity index (χ2n) is 6.40. The molecule has 8 heteroatoms. The number of hydrogen-bond donors (Lipinski definition) is 1. The number of nitrogens with two attached hydrogens (primary N) is 1. The maximum absolute atomic E-state index is 12.6. The van der Waals surface area contributed by atoms with Gasteiger partial charge in [-0.05, 0) is 39.3 Å². The third kappa shape index (κ3) is 3.81. The van der Waals surface area contributed by atoms with Gasteiger partial charge in [-0.2, -0.15) is 0 Å². The smallest absolute Gasteiger partial charge is 0.355 e. The average Bonchev–Trinajstić information content (AvgIpc) is 2.49. The number of hydrogen-bond acceptors (Lipinski definition) is 7. The van der Waals surface area contributed by atoms with Crippen molar-refractivity contribution in [1.29, 1.82) is 0 Å². The molecule has 7 nitrogen and oxygen atoms in total. The van der Waals surface area contributed by atoms with Crippen LogP contribution in [0.4, 0.5) is 0 Å². The van der Waals surface area contributed by atoms with Crippen LogP contribution in [-0.2, 0) is 23.9 Å². The number of allylic oxidation sites excluding steroid dienone is 1. The molecule has 2 N–H and O–H groups in total. The number of nitrogens with zero attached hydrogens (tertiary/aromatic N) is 1. The number of rotatable bonds is 4. The van der Waals surface area contributed by atoms with E-state index in [-0.39, 0.29) is 23.6 Å². The third-order valence-corrected chi connectivity index (χ3v) is 4.66. The van der Waals surface area contributed by atoms with E-state index in [2.05, 4.69) is 0 Å². The van der Waals surface area contributed by atoms with Crippen LogP contribution in [-0.4, -0.2) is 52.1 Å². The van der Waals surface area contributed by atoms with Crippen LogP contribution in [0.25, 0.3) is 0 Å². The molecule has 0 aromatic carbocycles. The molecule has 0 aromatic rings. The van der Waals surface area contributed by atoms with Crippen LogP contribution in [0, 0.1) is 0 Å². The first-order valence-electron chi connectivity index (χ1n) is 7.67. The van der Waals surface area contributed by atoms with Crippen LogP contribution >= 0.6 is 11.8 Å². The number of thioether (sulfide) groups is 1. The Morgan fingerprint density at radius 3 is 2.67 bits per heavy atom. The predicted molar refractivity (Wildman–Crippen MR) is 89.7 cm³/mol. The van der Waals surface area contributed by atoms with Crippen molar-refractivity contribution in [3.05, 3.63) is 23.4 Å². The number of carbonyl (C=O) groups excluding carboxylic acids is 3. The van der Waals surface area contributed by atoms with Gasteiger partial charge in [0.25, 0.3) is 0 Å². The summed E-state index contributed by atoms with van der Waals surface area (Å²) in [6.45, 7) is 7.21. The molecular weight excluding hydrogens is 332 g/mol. The monoisotopic (exact) mass is 354 g/mol. The number of carbonyl (C=O) groups is 3. The van der Waals surface area contributed by atoms with Gasteiger partial charge in [0, 0.05) is 11.8 Å². The van der Waals surface area contributed by atoms with E-state index in [0.29, 0.717) is 11.3 Å². The van der Waals surface area contributed by atoms with Crippen LogP contribution in [0.15, 0.2) is 23.4 Å². The highest BCUT2D eigenvalue weighted by Gasteiger charge is 2.52. The summed E-state index contributed by atoms with van der Waals surface area (Å²) < 4.78 is 10.2. The molecule has 1 amide bonds. The zero-order chi connectivity index (χ0) is 18.1. The van der Waals surface area contributed by atoms with Crippen LogP contribution in [0.5, 0.6) is 0 Å².